The predicted molar refractivity (Wildman–Crippen MR) is 81.4 cm³/mol. The number of aliphatic carboxylic acids is 1. The Morgan fingerprint density at radius 2 is 1.74 bits per heavy atom. The van der Waals surface area contributed by atoms with E-state index in [0.29, 0.717) is 0 Å². The molecule has 0 aliphatic carbocycles. The zero-order valence-electron chi connectivity index (χ0n) is 10.1. The molecule has 0 spiro atoms. The predicted octanol–water partition coefficient (Wildman–Crippen LogP) is 4.76. The van der Waals surface area contributed by atoms with E-state index < -0.39 is 5.97 Å². The maximum Gasteiger partial charge on any atom is 0.304 e. The number of rotatable bonds is 5. The van der Waals surface area contributed by atoms with Crippen molar-refractivity contribution in [1.29, 1.82) is 0 Å². The Kier molecular flexibility index (Phi) is 5.05. The molecule has 1 N–H and O–H groups in total. The van der Waals surface area contributed by atoms with E-state index in [0.717, 1.165) is 14.9 Å². The van der Waals surface area contributed by atoms with Crippen LogP contribution in [-0.4, -0.2) is 11.1 Å². The number of carboxylic acids is 1. The first-order chi connectivity index (χ1) is 9.15. The number of thioether (sulfide) groups is 1. The van der Waals surface area contributed by atoms with E-state index in [-0.39, 0.29) is 11.7 Å². The Labute approximate surface area is 125 Å². The molecule has 0 fully saturated rings. The molecule has 0 aliphatic heterocycles. The van der Waals surface area contributed by atoms with E-state index in [9.17, 15) is 4.79 Å². The van der Waals surface area contributed by atoms with Gasteiger partial charge in [-0.3, -0.25) is 4.79 Å². The van der Waals surface area contributed by atoms with Gasteiger partial charge in [0.05, 0.1) is 6.42 Å². The van der Waals surface area contributed by atoms with Gasteiger partial charge in [-0.25, -0.2) is 0 Å². The van der Waals surface area contributed by atoms with Gasteiger partial charge in [0, 0.05) is 14.6 Å². The summed E-state index contributed by atoms with van der Waals surface area (Å²) in [4.78, 5) is 12.1. The van der Waals surface area contributed by atoms with Crippen LogP contribution in [0.4, 0.5) is 0 Å². The molecule has 0 aromatic heterocycles. The summed E-state index contributed by atoms with van der Waals surface area (Å²) in [5.41, 5.74) is 1.03. The van der Waals surface area contributed by atoms with Crippen LogP contribution in [0.2, 0.25) is 0 Å². The van der Waals surface area contributed by atoms with Crippen molar-refractivity contribution < 1.29 is 9.90 Å². The number of hydrogen-bond donors (Lipinski definition) is 1. The molecule has 4 heteroatoms. The van der Waals surface area contributed by atoms with E-state index in [1.165, 1.54) is 0 Å². The van der Waals surface area contributed by atoms with Crippen molar-refractivity contribution in [3.8, 4) is 0 Å². The average molecular weight is 337 g/mol. The number of hydrogen-bond acceptors (Lipinski definition) is 2. The molecule has 0 radical (unpaired) electrons. The molecule has 0 bridgehead atoms. The van der Waals surface area contributed by atoms with Crippen LogP contribution in [0.3, 0.4) is 0 Å². The Balaban J connectivity index is 2.20. The summed E-state index contributed by atoms with van der Waals surface area (Å²) >= 11 is 4.97. The summed E-state index contributed by atoms with van der Waals surface area (Å²) < 4.78 is 0.995. The molecule has 0 saturated carbocycles. The second-order valence-electron chi connectivity index (χ2n) is 4.07. The monoisotopic (exact) mass is 336 g/mol. The van der Waals surface area contributed by atoms with Crippen molar-refractivity contribution >= 4 is 33.7 Å². The quantitative estimate of drug-likeness (QED) is 0.800. The second kappa shape index (κ2) is 6.78. The molecule has 2 nitrogen and oxygen atoms in total. The summed E-state index contributed by atoms with van der Waals surface area (Å²) in [5.74, 6) is -0.781. The highest BCUT2D eigenvalue weighted by atomic mass is 79.9. The lowest BCUT2D eigenvalue weighted by Gasteiger charge is -2.15. The largest absolute Gasteiger partial charge is 0.481 e. The van der Waals surface area contributed by atoms with Crippen LogP contribution in [0.15, 0.2) is 64.0 Å². The first kappa shape index (κ1) is 14.2. The third kappa shape index (κ3) is 4.40. The van der Waals surface area contributed by atoms with E-state index in [1.54, 1.807) is 11.8 Å². The minimum Gasteiger partial charge on any atom is -0.481 e. The number of carbonyl (C=O) groups is 1. The van der Waals surface area contributed by atoms with Gasteiger partial charge < -0.3 is 5.11 Å². The van der Waals surface area contributed by atoms with Crippen molar-refractivity contribution in [3.63, 3.8) is 0 Å². The fourth-order valence-corrected chi connectivity index (χ4v) is 3.15. The van der Waals surface area contributed by atoms with Gasteiger partial charge in [0.1, 0.15) is 0 Å². The van der Waals surface area contributed by atoms with Crippen LogP contribution >= 0.6 is 27.7 Å². The van der Waals surface area contributed by atoms with Gasteiger partial charge in [0.25, 0.3) is 0 Å². The van der Waals surface area contributed by atoms with Gasteiger partial charge in [-0.05, 0) is 29.8 Å². The zero-order valence-corrected chi connectivity index (χ0v) is 12.5. The molecule has 0 saturated heterocycles. The minimum atomic E-state index is -0.781. The Bertz CT molecular complexity index is 540. The topological polar surface area (TPSA) is 37.3 Å². The molecule has 1 unspecified atom stereocenters. The summed E-state index contributed by atoms with van der Waals surface area (Å²) in [5, 5.41) is 8.98. The normalized spacial score (nSPS) is 12.1. The Hall–Kier alpha value is -1.26. The molecule has 0 amide bonds. The van der Waals surface area contributed by atoms with Crippen molar-refractivity contribution in [2.45, 2.75) is 16.6 Å². The highest BCUT2D eigenvalue weighted by molar-refractivity contribution is 9.10. The molecule has 2 rings (SSSR count). The summed E-state index contributed by atoms with van der Waals surface area (Å²) in [6.45, 7) is 0. The van der Waals surface area contributed by atoms with Gasteiger partial charge in [-0.15, -0.1) is 11.8 Å². The van der Waals surface area contributed by atoms with Crippen molar-refractivity contribution in [2.24, 2.45) is 0 Å². The lowest BCUT2D eigenvalue weighted by Crippen LogP contribution is -2.03. The fourth-order valence-electron chi connectivity index (χ4n) is 1.73. The molecule has 2 aromatic carbocycles. The Morgan fingerprint density at radius 3 is 2.32 bits per heavy atom. The molecule has 2 aromatic rings. The van der Waals surface area contributed by atoms with E-state index >= 15 is 0 Å². The number of benzene rings is 2. The highest BCUT2D eigenvalue weighted by Crippen LogP contribution is 2.37. The second-order valence-corrected chi connectivity index (χ2v) is 6.26. The van der Waals surface area contributed by atoms with Gasteiger partial charge >= 0.3 is 5.97 Å². The number of carboxylic acid groups (broad SMARTS) is 1. The van der Waals surface area contributed by atoms with E-state index in [2.05, 4.69) is 15.9 Å². The lowest BCUT2D eigenvalue weighted by molar-refractivity contribution is -0.137. The van der Waals surface area contributed by atoms with Crippen LogP contribution in [-0.2, 0) is 4.79 Å². The first-order valence-electron chi connectivity index (χ1n) is 5.84. The van der Waals surface area contributed by atoms with Crippen LogP contribution in [0.1, 0.15) is 17.2 Å². The maximum absolute atomic E-state index is 11.0. The lowest BCUT2D eigenvalue weighted by atomic mass is 10.1. The maximum atomic E-state index is 11.0. The molecule has 0 aliphatic rings. The zero-order chi connectivity index (χ0) is 13.7. The van der Waals surface area contributed by atoms with Gasteiger partial charge in [-0.1, -0.05) is 46.3 Å². The third-order valence-electron chi connectivity index (χ3n) is 2.62. The minimum absolute atomic E-state index is 0.0759. The van der Waals surface area contributed by atoms with E-state index in [1.807, 2.05) is 54.6 Å². The van der Waals surface area contributed by atoms with Crippen molar-refractivity contribution in [1.82, 2.24) is 0 Å². The van der Waals surface area contributed by atoms with Gasteiger partial charge in [0.2, 0.25) is 0 Å². The first-order valence-corrected chi connectivity index (χ1v) is 7.51. The molecule has 98 valence electrons. The third-order valence-corrected chi connectivity index (χ3v) is 4.42. The van der Waals surface area contributed by atoms with Crippen LogP contribution in [0, 0.1) is 0 Å². The SMILES string of the molecule is O=C(O)CC(Sc1ccccc1)c1ccc(Br)cc1. The fraction of sp³-hybridized carbons (Fsp3) is 0.133. The standard InChI is InChI=1S/C15H13BrO2S/c16-12-8-6-11(7-9-12)14(10-15(17)18)19-13-4-2-1-3-5-13/h1-9,14H,10H2,(H,17,18). The number of halogens is 1. The van der Waals surface area contributed by atoms with E-state index in [4.69, 9.17) is 5.11 Å². The molecule has 19 heavy (non-hydrogen) atoms. The summed E-state index contributed by atoms with van der Waals surface area (Å²) in [6.07, 6.45) is 0.112. The Morgan fingerprint density at radius 1 is 1.11 bits per heavy atom. The van der Waals surface area contributed by atoms with Gasteiger partial charge in [0.15, 0.2) is 0 Å². The molecular formula is C15H13BrO2S. The van der Waals surface area contributed by atoms with Crippen LogP contribution in [0.5, 0.6) is 0 Å². The molecule has 0 heterocycles. The van der Waals surface area contributed by atoms with Crippen molar-refractivity contribution in [3.05, 3.63) is 64.6 Å². The molecule has 1 atom stereocenters. The highest BCUT2D eigenvalue weighted by Gasteiger charge is 2.16. The van der Waals surface area contributed by atoms with Crippen molar-refractivity contribution in [2.75, 3.05) is 0 Å². The average Bonchev–Trinajstić information content (AvgIpc) is 2.39. The van der Waals surface area contributed by atoms with Gasteiger partial charge in [-0.2, -0.15) is 0 Å². The molecular weight excluding hydrogens is 324 g/mol. The van der Waals surface area contributed by atoms with Crippen LogP contribution in [0.25, 0.3) is 0 Å². The smallest absolute Gasteiger partial charge is 0.304 e. The summed E-state index contributed by atoms with van der Waals surface area (Å²) in [6, 6.07) is 17.7. The summed E-state index contributed by atoms with van der Waals surface area (Å²) in [7, 11) is 0. The van der Waals surface area contributed by atoms with Crippen LogP contribution < -0.4 is 0 Å².